The highest BCUT2D eigenvalue weighted by molar-refractivity contribution is 6.17. The Hall–Kier alpha value is -3.20. The number of hydrogen-bond acceptors (Lipinski definition) is 9. The molecule has 0 spiro atoms. The number of nitrogen functional groups attached to an aromatic ring is 2. The molecule has 0 radical (unpaired) electrons. The highest BCUT2D eigenvalue weighted by atomic mass is 16.4. The first-order valence-electron chi connectivity index (χ1n) is 7.81. The number of oxazole rings is 1. The number of rotatable bonds is 4. The first-order valence-corrected chi connectivity index (χ1v) is 7.81. The maximum Gasteiger partial charge on any atom is 0.292 e. The number of aliphatic hydroxyl groups excluding tert-OH is 1. The van der Waals surface area contributed by atoms with Crippen LogP contribution in [0.15, 0.2) is 28.9 Å². The van der Waals surface area contributed by atoms with E-state index in [1.54, 1.807) is 18.2 Å². The molecule has 0 unspecified atom stereocenters. The van der Waals surface area contributed by atoms with E-state index in [0.29, 0.717) is 40.9 Å². The standard InChI is InChI=1S/C16H17N7O2/c17-13(7-1-2-11-10(3-7)23-16(19)25-11)12-14(18)20-6-21-15(12)22-8-4-9(24)5-8/h1-3,6,8-9,17,24H,4-5H2,(H2,19,23)(H3,18,20,21,22). The van der Waals surface area contributed by atoms with Crippen LogP contribution in [0.1, 0.15) is 24.0 Å². The largest absolute Gasteiger partial charge is 0.424 e. The molecule has 0 saturated heterocycles. The molecular weight excluding hydrogens is 322 g/mol. The van der Waals surface area contributed by atoms with E-state index in [2.05, 4.69) is 20.3 Å². The molecule has 4 rings (SSSR count). The van der Waals surface area contributed by atoms with E-state index in [4.69, 9.17) is 21.3 Å². The highest BCUT2D eigenvalue weighted by Gasteiger charge is 2.29. The van der Waals surface area contributed by atoms with E-state index >= 15 is 0 Å². The van der Waals surface area contributed by atoms with Crippen molar-refractivity contribution < 1.29 is 9.52 Å². The Morgan fingerprint density at radius 1 is 1.28 bits per heavy atom. The summed E-state index contributed by atoms with van der Waals surface area (Å²) >= 11 is 0. The number of aliphatic hydroxyl groups is 1. The lowest BCUT2D eigenvalue weighted by molar-refractivity contribution is 0.0835. The van der Waals surface area contributed by atoms with Gasteiger partial charge in [0.25, 0.3) is 6.01 Å². The summed E-state index contributed by atoms with van der Waals surface area (Å²) in [6.45, 7) is 0. The minimum atomic E-state index is -0.292. The molecule has 1 aromatic carbocycles. The molecule has 7 N–H and O–H groups in total. The summed E-state index contributed by atoms with van der Waals surface area (Å²) in [5, 5.41) is 21.2. The minimum Gasteiger partial charge on any atom is -0.424 e. The maximum atomic E-state index is 9.44. The van der Waals surface area contributed by atoms with Crippen molar-refractivity contribution in [1.82, 2.24) is 15.0 Å². The Kier molecular flexibility index (Phi) is 3.50. The van der Waals surface area contributed by atoms with Gasteiger partial charge in [-0.2, -0.15) is 4.98 Å². The summed E-state index contributed by atoms with van der Waals surface area (Å²) in [7, 11) is 0. The Morgan fingerprint density at radius 3 is 2.84 bits per heavy atom. The van der Waals surface area contributed by atoms with E-state index < -0.39 is 0 Å². The van der Waals surface area contributed by atoms with Crippen LogP contribution < -0.4 is 16.8 Å². The fraction of sp³-hybridized carbons (Fsp3) is 0.250. The second-order valence-electron chi connectivity index (χ2n) is 6.06. The van der Waals surface area contributed by atoms with Gasteiger partial charge in [0.15, 0.2) is 5.58 Å². The smallest absolute Gasteiger partial charge is 0.292 e. The van der Waals surface area contributed by atoms with Gasteiger partial charge in [-0.05, 0) is 31.0 Å². The fourth-order valence-corrected chi connectivity index (χ4v) is 2.90. The second kappa shape index (κ2) is 5.71. The van der Waals surface area contributed by atoms with Crippen LogP contribution in [-0.4, -0.2) is 37.9 Å². The first-order chi connectivity index (χ1) is 12.0. The van der Waals surface area contributed by atoms with E-state index in [1.165, 1.54) is 6.33 Å². The predicted octanol–water partition coefficient (Wildman–Crippen LogP) is 1.13. The van der Waals surface area contributed by atoms with Gasteiger partial charge in [-0.15, -0.1) is 0 Å². The van der Waals surface area contributed by atoms with Crippen molar-refractivity contribution in [2.45, 2.75) is 25.0 Å². The lowest BCUT2D eigenvalue weighted by Crippen LogP contribution is -2.39. The van der Waals surface area contributed by atoms with E-state index in [-0.39, 0.29) is 29.7 Å². The van der Waals surface area contributed by atoms with Crippen molar-refractivity contribution in [3.8, 4) is 0 Å². The Labute approximate surface area is 142 Å². The molecule has 0 aliphatic heterocycles. The van der Waals surface area contributed by atoms with Crippen LogP contribution in [-0.2, 0) is 0 Å². The highest BCUT2D eigenvalue weighted by Crippen LogP contribution is 2.28. The number of hydrogen-bond donors (Lipinski definition) is 5. The van der Waals surface area contributed by atoms with Crippen molar-refractivity contribution in [3.63, 3.8) is 0 Å². The molecule has 9 heteroatoms. The zero-order valence-electron chi connectivity index (χ0n) is 13.2. The Bertz CT molecular complexity index is 962. The second-order valence-corrected chi connectivity index (χ2v) is 6.06. The number of aromatic nitrogens is 3. The number of anilines is 3. The van der Waals surface area contributed by atoms with Gasteiger partial charge in [0.2, 0.25) is 0 Å². The van der Waals surface area contributed by atoms with Gasteiger partial charge in [0.1, 0.15) is 23.5 Å². The number of nitrogens with zero attached hydrogens (tertiary/aromatic N) is 3. The normalized spacial score (nSPS) is 19.6. The quantitative estimate of drug-likeness (QED) is 0.442. The van der Waals surface area contributed by atoms with Crippen LogP contribution in [0.25, 0.3) is 11.1 Å². The van der Waals surface area contributed by atoms with Crippen molar-refractivity contribution in [2.24, 2.45) is 0 Å². The molecule has 2 aromatic heterocycles. The van der Waals surface area contributed by atoms with Gasteiger partial charge in [-0.3, -0.25) is 5.41 Å². The van der Waals surface area contributed by atoms with Gasteiger partial charge in [-0.1, -0.05) is 0 Å². The summed E-state index contributed by atoms with van der Waals surface area (Å²) in [4.78, 5) is 12.3. The summed E-state index contributed by atoms with van der Waals surface area (Å²) in [5.74, 6) is 0.691. The number of nitrogens with two attached hydrogens (primary N) is 2. The summed E-state index contributed by atoms with van der Waals surface area (Å²) in [5.41, 5.74) is 13.9. The van der Waals surface area contributed by atoms with Crippen molar-refractivity contribution in [2.75, 3.05) is 16.8 Å². The molecule has 0 bridgehead atoms. The minimum absolute atomic E-state index is 0.0761. The predicted molar refractivity (Wildman–Crippen MR) is 93.4 cm³/mol. The lowest BCUT2D eigenvalue weighted by Gasteiger charge is -2.33. The molecular formula is C16H17N7O2. The van der Waals surface area contributed by atoms with Gasteiger partial charge in [0, 0.05) is 11.6 Å². The van der Waals surface area contributed by atoms with Crippen LogP contribution in [0.2, 0.25) is 0 Å². The van der Waals surface area contributed by atoms with Gasteiger partial charge in [-0.25, -0.2) is 9.97 Å². The topological polar surface area (TPSA) is 160 Å². The number of fused-ring (bicyclic) bond motifs is 1. The molecule has 3 aromatic rings. The third-order valence-electron chi connectivity index (χ3n) is 4.27. The van der Waals surface area contributed by atoms with Gasteiger partial charge >= 0.3 is 0 Å². The monoisotopic (exact) mass is 339 g/mol. The Balaban J connectivity index is 1.70. The fourth-order valence-electron chi connectivity index (χ4n) is 2.90. The molecule has 9 nitrogen and oxygen atoms in total. The molecule has 0 amide bonds. The molecule has 128 valence electrons. The van der Waals surface area contributed by atoms with Gasteiger partial charge < -0.3 is 26.3 Å². The van der Waals surface area contributed by atoms with Crippen LogP contribution in [0.4, 0.5) is 17.7 Å². The van der Waals surface area contributed by atoms with Crippen molar-refractivity contribution in [3.05, 3.63) is 35.7 Å². The molecule has 1 aliphatic carbocycles. The summed E-state index contributed by atoms with van der Waals surface area (Å²) < 4.78 is 5.25. The maximum absolute atomic E-state index is 9.44. The molecule has 0 atom stereocenters. The molecule has 1 fully saturated rings. The average Bonchev–Trinajstić information content (AvgIpc) is 2.92. The zero-order valence-corrected chi connectivity index (χ0v) is 13.2. The molecule has 2 heterocycles. The van der Waals surface area contributed by atoms with Crippen molar-refractivity contribution >= 4 is 34.5 Å². The third-order valence-corrected chi connectivity index (χ3v) is 4.27. The van der Waals surface area contributed by atoms with E-state index in [1.807, 2.05) is 0 Å². The molecule has 25 heavy (non-hydrogen) atoms. The first kappa shape index (κ1) is 15.3. The van der Waals surface area contributed by atoms with E-state index in [0.717, 1.165) is 0 Å². The molecule has 1 saturated carbocycles. The Morgan fingerprint density at radius 2 is 2.08 bits per heavy atom. The van der Waals surface area contributed by atoms with Crippen molar-refractivity contribution in [1.29, 1.82) is 5.41 Å². The lowest BCUT2D eigenvalue weighted by atomic mass is 9.89. The summed E-state index contributed by atoms with van der Waals surface area (Å²) in [6, 6.07) is 5.33. The van der Waals surface area contributed by atoms with Crippen LogP contribution >= 0.6 is 0 Å². The number of benzene rings is 1. The zero-order chi connectivity index (χ0) is 17.6. The van der Waals surface area contributed by atoms with Crippen LogP contribution in [0.5, 0.6) is 0 Å². The average molecular weight is 339 g/mol. The van der Waals surface area contributed by atoms with Gasteiger partial charge in [0.05, 0.1) is 17.4 Å². The third kappa shape index (κ3) is 2.74. The summed E-state index contributed by atoms with van der Waals surface area (Å²) in [6.07, 6.45) is 2.34. The van der Waals surface area contributed by atoms with Crippen LogP contribution in [0.3, 0.4) is 0 Å². The molecule has 1 aliphatic rings. The van der Waals surface area contributed by atoms with Crippen LogP contribution in [0, 0.1) is 5.41 Å². The SMILES string of the molecule is N=C(c1ccc2oc(N)nc2c1)c1c(N)ncnc1NC1CC(O)C1. The number of nitrogens with one attached hydrogen (secondary N) is 2. The van der Waals surface area contributed by atoms with E-state index in [9.17, 15) is 5.11 Å².